The van der Waals surface area contributed by atoms with Crippen LogP contribution in [0.2, 0.25) is 0 Å². The molecule has 0 radical (unpaired) electrons. The number of anilines is 1. The molecular weight excluding hydrogens is 557 g/mol. The molecule has 0 aliphatic heterocycles. The van der Waals surface area contributed by atoms with Gasteiger partial charge in [0.2, 0.25) is 0 Å². The summed E-state index contributed by atoms with van der Waals surface area (Å²) < 4.78 is 86.7. The third kappa shape index (κ3) is 6.73. The van der Waals surface area contributed by atoms with Crippen molar-refractivity contribution in [1.29, 1.82) is 4.78 Å². The summed E-state index contributed by atoms with van der Waals surface area (Å²) in [7, 11) is -9.45. The molecule has 1 saturated carbocycles. The average molecular weight is 588 g/mol. The zero-order valence-electron chi connectivity index (χ0n) is 21.4. The second-order valence-electron chi connectivity index (χ2n) is 10.0. The lowest BCUT2D eigenvalue weighted by Crippen LogP contribution is -2.32. The molecule has 212 valence electrons. The summed E-state index contributed by atoms with van der Waals surface area (Å²) >= 11 is 0. The van der Waals surface area contributed by atoms with Crippen LogP contribution in [-0.2, 0) is 9.73 Å². The molecule has 0 saturated heterocycles. The maximum absolute atomic E-state index is 13.5. The van der Waals surface area contributed by atoms with E-state index in [2.05, 4.69) is 5.32 Å². The quantitative estimate of drug-likeness (QED) is 0.272. The molecule has 0 spiro atoms. The number of nitrogens with zero attached hydrogens (tertiary/aromatic N) is 1. The Balaban J connectivity index is 1.37. The minimum Gasteiger partial charge on any atom is -0.382 e. The van der Waals surface area contributed by atoms with Crippen molar-refractivity contribution >= 4 is 31.5 Å². The van der Waals surface area contributed by atoms with Crippen molar-refractivity contribution in [3.63, 3.8) is 0 Å². The van der Waals surface area contributed by atoms with E-state index in [0.29, 0.717) is 54.0 Å². The van der Waals surface area contributed by atoms with E-state index >= 15 is 0 Å². The largest absolute Gasteiger partial charge is 0.382 e. The van der Waals surface area contributed by atoms with Crippen molar-refractivity contribution in [2.45, 2.75) is 46.8 Å². The standard InChI is InChI=1S/C27H30F5N3O2S2/c1-35(2)27(36)21-5-3-19(4-6-21)20-7-13-24(14-8-20)38(33,37)25-15-9-22(10-16-25)34-23-11-17-26(18-12-23)39(28,29,30,31)32/h3-8,11-14,17-18,22,25,33-34H,9-10,15-16H2,1-2H3. The maximum atomic E-state index is 13.5. The Labute approximate surface area is 225 Å². The molecule has 5 nitrogen and oxygen atoms in total. The Morgan fingerprint density at radius 1 is 0.821 bits per heavy atom. The van der Waals surface area contributed by atoms with E-state index in [-0.39, 0.29) is 17.2 Å². The van der Waals surface area contributed by atoms with Crippen LogP contribution in [0.25, 0.3) is 11.1 Å². The van der Waals surface area contributed by atoms with Crippen molar-refractivity contribution in [3.8, 4) is 11.1 Å². The lowest BCUT2D eigenvalue weighted by Gasteiger charge is -2.40. The molecule has 1 atom stereocenters. The van der Waals surface area contributed by atoms with Gasteiger partial charge in [-0.25, -0.2) is 8.99 Å². The van der Waals surface area contributed by atoms with Crippen molar-refractivity contribution < 1.29 is 28.4 Å². The van der Waals surface area contributed by atoms with Gasteiger partial charge in [-0.3, -0.25) is 4.79 Å². The molecular formula is C27H30F5N3O2S2. The molecule has 0 heterocycles. The molecule has 1 unspecified atom stereocenters. The molecule has 1 fully saturated rings. The first-order valence-electron chi connectivity index (χ1n) is 12.2. The van der Waals surface area contributed by atoms with Gasteiger partial charge in [-0.1, -0.05) is 43.7 Å². The number of hydrogen-bond donors (Lipinski definition) is 2. The minimum absolute atomic E-state index is 0.0965. The summed E-state index contributed by atoms with van der Waals surface area (Å²) in [5.74, 6) is -0.0965. The predicted molar refractivity (Wildman–Crippen MR) is 147 cm³/mol. The number of benzene rings is 3. The van der Waals surface area contributed by atoms with E-state index < -0.39 is 24.8 Å². The van der Waals surface area contributed by atoms with Gasteiger partial charge in [0.15, 0.2) is 0 Å². The van der Waals surface area contributed by atoms with Crippen LogP contribution < -0.4 is 5.32 Å². The highest BCUT2D eigenvalue weighted by Gasteiger charge is 2.65. The fourth-order valence-corrected chi connectivity index (χ4v) is 7.20. The maximum Gasteiger partial charge on any atom is 0.310 e. The molecule has 2 N–H and O–H groups in total. The fraction of sp³-hybridized carbons (Fsp3) is 0.296. The Bertz CT molecular complexity index is 1450. The predicted octanol–water partition coefficient (Wildman–Crippen LogP) is 8.54. The van der Waals surface area contributed by atoms with E-state index in [1.165, 1.54) is 4.90 Å². The van der Waals surface area contributed by atoms with Crippen molar-refractivity contribution in [1.82, 2.24) is 4.90 Å². The molecule has 12 heteroatoms. The van der Waals surface area contributed by atoms with Gasteiger partial charge in [0.05, 0.1) is 9.73 Å². The first kappa shape index (κ1) is 28.9. The van der Waals surface area contributed by atoms with Gasteiger partial charge in [0, 0.05) is 41.5 Å². The fourth-order valence-electron chi connectivity index (χ4n) is 4.69. The van der Waals surface area contributed by atoms with Crippen molar-refractivity contribution in [3.05, 3.63) is 78.4 Å². The van der Waals surface area contributed by atoms with Crippen LogP contribution in [-0.4, -0.2) is 40.4 Å². The number of carbonyl (C=O) groups is 1. The summed E-state index contributed by atoms with van der Waals surface area (Å²) in [4.78, 5) is 12.1. The van der Waals surface area contributed by atoms with Crippen LogP contribution >= 0.6 is 10.2 Å². The molecule has 1 aliphatic rings. The van der Waals surface area contributed by atoms with E-state index in [4.69, 9.17) is 4.78 Å². The molecule has 0 bridgehead atoms. The Hall–Kier alpha value is -3.12. The Morgan fingerprint density at radius 3 is 1.77 bits per heavy atom. The number of hydrogen-bond acceptors (Lipinski definition) is 4. The Kier molecular flexibility index (Phi) is 7.04. The number of amides is 1. The van der Waals surface area contributed by atoms with Gasteiger partial charge in [0.1, 0.15) is 4.90 Å². The van der Waals surface area contributed by atoms with Gasteiger partial charge in [-0.15, -0.1) is 0 Å². The first-order chi connectivity index (χ1) is 17.9. The topological polar surface area (TPSA) is 73.3 Å². The molecule has 3 aromatic rings. The zero-order chi connectivity index (χ0) is 28.7. The third-order valence-electron chi connectivity index (χ3n) is 6.89. The van der Waals surface area contributed by atoms with Crippen LogP contribution in [0.1, 0.15) is 36.0 Å². The van der Waals surface area contributed by atoms with Crippen LogP contribution in [0.4, 0.5) is 25.1 Å². The summed E-state index contributed by atoms with van der Waals surface area (Å²) in [6, 6.07) is 16.7. The summed E-state index contributed by atoms with van der Waals surface area (Å²) in [5, 5.41) is 2.68. The van der Waals surface area contributed by atoms with E-state index in [0.717, 1.165) is 23.3 Å². The lowest BCUT2D eigenvalue weighted by molar-refractivity contribution is 0.0827. The smallest absolute Gasteiger partial charge is 0.310 e. The van der Waals surface area contributed by atoms with Crippen molar-refractivity contribution in [2.75, 3.05) is 19.4 Å². The van der Waals surface area contributed by atoms with E-state index in [1.54, 1.807) is 50.5 Å². The van der Waals surface area contributed by atoms with Crippen LogP contribution in [0.15, 0.2) is 82.6 Å². The highest BCUT2D eigenvalue weighted by atomic mass is 32.5. The monoisotopic (exact) mass is 587 g/mol. The third-order valence-corrected chi connectivity index (χ3v) is 10.4. The van der Waals surface area contributed by atoms with Gasteiger partial charge in [-0.05, 0) is 85.3 Å². The second-order valence-corrected chi connectivity index (χ2v) is 14.8. The highest BCUT2D eigenvalue weighted by Crippen LogP contribution is 3.02. The van der Waals surface area contributed by atoms with Crippen LogP contribution in [0.3, 0.4) is 0 Å². The van der Waals surface area contributed by atoms with E-state index in [1.807, 2.05) is 12.1 Å². The normalized spacial score (nSPS) is 21.2. The number of halogens is 5. The Morgan fingerprint density at radius 2 is 1.31 bits per heavy atom. The second kappa shape index (κ2) is 9.51. The first-order valence-corrected chi connectivity index (χ1v) is 15.8. The highest BCUT2D eigenvalue weighted by molar-refractivity contribution is 8.45. The molecule has 39 heavy (non-hydrogen) atoms. The van der Waals surface area contributed by atoms with Crippen molar-refractivity contribution in [2.24, 2.45) is 0 Å². The van der Waals surface area contributed by atoms with Gasteiger partial charge in [-0.2, -0.15) is 0 Å². The van der Waals surface area contributed by atoms with Gasteiger partial charge < -0.3 is 10.2 Å². The van der Waals surface area contributed by atoms with Gasteiger partial charge >= 0.3 is 10.2 Å². The number of carbonyl (C=O) groups excluding carboxylic acids is 1. The summed E-state index contributed by atoms with van der Waals surface area (Å²) in [6.45, 7) is 0. The molecule has 0 aromatic heterocycles. The van der Waals surface area contributed by atoms with Crippen LogP contribution in [0, 0.1) is 4.78 Å². The molecule has 3 aromatic carbocycles. The number of nitrogens with one attached hydrogen (secondary N) is 2. The molecule has 4 rings (SSSR count). The molecule has 1 aliphatic carbocycles. The number of rotatable bonds is 7. The van der Waals surface area contributed by atoms with Gasteiger partial charge in [0.25, 0.3) is 5.91 Å². The minimum atomic E-state index is -9.71. The zero-order valence-corrected chi connectivity index (χ0v) is 23.0. The van der Waals surface area contributed by atoms with Crippen LogP contribution in [0.5, 0.6) is 0 Å². The lowest BCUT2D eigenvalue weighted by atomic mass is 9.95. The summed E-state index contributed by atoms with van der Waals surface area (Å²) in [6.07, 6.45) is 2.04. The summed E-state index contributed by atoms with van der Waals surface area (Å²) in [5.41, 5.74) is 2.61. The molecule has 1 amide bonds. The van der Waals surface area contributed by atoms with E-state index in [9.17, 15) is 28.4 Å². The SMILES string of the molecule is CN(C)C(=O)c1ccc(-c2ccc(S(=N)(=O)C3CCC(Nc4ccc(S(F)(F)(F)(F)F)cc4)CC3)cc2)cc1. The average Bonchev–Trinajstić information content (AvgIpc) is 2.88.